The zero-order valence-corrected chi connectivity index (χ0v) is 11.2. The highest BCUT2D eigenvalue weighted by atomic mass is 15.1. The molecular formula is C16H16N4. The maximum absolute atomic E-state index is 4.37. The monoisotopic (exact) mass is 264 g/mol. The number of benzene rings is 1. The standard InChI is InChI=1S/C16H16N4/c1-3-12-9-13(5-6-14(12)18-7-1)20-11-17-10-16(20)15-4-2-8-19-15/h1,3,5-7,9-11,15,19H,2,4,8H2. The van der Waals surface area contributed by atoms with Crippen molar-refractivity contribution in [3.8, 4) is 5.69 Å². The van der Waals surface area contributed by atoms with Gasteiger partial charge in [0, 0.05) is 23.3 Å². The normalized spacial score (nSPS) is 18.7. The Balaban J connectivity index is 1.80. The molecule has 1 atom stereocenters. The maximum atomic E-state index is 4.37. The van der Waals surface area contributed by atoms with Crippen molar-refractivity contribution in [3.05, 3.63) is 54.7 Å². The van der Waals surface area contributed by atoms with Crippen LogP contribution in [0.1, 0.15) is 24.6 Å². The predicted octanol–water partition coefficient (Wildman–Crippen LogP) is 2.85. The Hall–Kier alpha value is -2.20. The molecule has 0 spiro atoms. The lowest BCUT2D eigenvalue weighted by Gasteiger charge is -2.14. The second kappa shape index (κ2) is 4.72. The summed E-state index contributed by atoms with van der Waals surface area (Å²) in [5.74, 6) is 0. The van der Waals surface area contributed by atoms with E-state index in [9.17, 15) is 0 Å². The largest absolute Gasteiger partial charge is 0.309 e. The molecule has 20 heavy (non-hydrogen) atoms. The van der Waals surface area contributed by atoms with E-state index in [-0.39, 0.29) is 0 Å². The van der Waals surface area contributed by atoms with Crippen LogP contribution in [0.4, 0.5) is 0 Å². The van der Waals surface area contributed by atoms with E-state index in [2.05, 4.69) is 44.1 Å². The minimum atomic E-state index is 0.419. The second-order valence-electron chi connectivity index (χ2n) is 5.22. The minimum Gasteiger partial charge on any atom is -0.309 e. The first-order valence-electron chi connectivity index (χ1n) is 7.02. The third-order valence-corrected chi connectivity index (χ3v) is 3.95. The Kier molecular flexibility index (Phi) is 2.74. The van der Waals surface area contributed by atoms with E-state index in [0.717, 1.165) is 23.1 Å². The number of fused-ring (bicyclic) bond motifs is 1. The summed E-state index contributed by atoms with van der Waals surface area (Å²) < 4.78 is 2.18. The zero-order chi connectivity index (χ0) is 13.4. The van der Waals surface area contributed by atoms with E-state index in [1.54, 1.807) is 0 Å². The van der Waals surface area contributed by atoms with Crippen LogP contribution in [0.3, 0.4) is 0 Å². The van der Waals surface area contributed by atoms with Gasteiger partial charge in [-0.1, -0.05) is 6.07 Å². The zero-order valence-electron chi connectivity index (χ0n) is 11.2. The van der Waals surface area contributed by atoms with Gasteiger partial charge in [-0.3, -0.25) is 4.98 Å². The molecule has 3 heterocycles. The van der Waals surface area contributed by atoms with Crippen LogP contribution >= 0.6 is 0 Å². The third kappa shape index (κ3) is 1.89. The van der Waals surface area contributed by atoms with Gasteiger partial charge in [-0.2, -0.15) is 0 Å². The van der Waals surface area contributed by atoms with Crippen molar-refractivity contribution in [2.75, 3.05) is 6.54 Å². The van der Waals surface area contributed by atoms with Gasteiger partial charge in [0.2, 0.25) is 0 Å². The molecule has 1 N–H and O–H groups in total. The van der Waals surface area contributed by atoms with Crippen molar-refractivity contribution >= 4 is 10.9 Å². The molecule has 1 aliphatic heterocycles. The molecule has 1 fully saturated rings. The summed E-state index contributed by atoms with van der Waals surface area (Å²) >= 11 is 0. The molecule has 0 bridgehead atoms. The molecule has 1 unspecified atom stereocenters. The van der Waals surface area contributed by atoms with Crippen LogP contribution in [-0.2, 0) is 0 Å². The summed E-state index contributed by atoms with van der Waals surface area (Å²) in [5.41, 5.74) is 3.41. The predicted molar refractivity (Wildman–Crippen MR) is 78.8 cm³/mol. The lowest BCUT2D eigenvalue weighted by molar-refractivity contribution is 0.615. The first-order valence-corrected chi connectivity index (χ1v) is 7.02. The Labute approximate surface area is 117 Å². The number of hydrogen-bond donors (Lipinski definition) is 1. The molecule has 0 radical (unpaired) electrons. The van der Waals surface area contributed by atoms with E-state index in [1.165, 1.54) is 18.5 Å². The molecular weight excluding hydrogens is 248 g/mol. The summed E-state index contributed by atoms with van der Waals surface area (Å²) in [4.78, 5) is 8.70. The average molecular weight is 264 g/mol. The molecule has 4 rings (SSSR count). The topological polar surface area (TPSA) is 42.7 Å². The van der Waals surface area contributed by atoms with Gasteiger partial charge >= 0.3 is 0 Å². The van der Waals surface area contributed by atoms with E-state index in [1.807, 2.05) is 24.8 Å². The smallest absolute Gasteiger partial charge is 0.0994 e. The van der Waals surface area contributed by atoms with Crippen molar-refractivity contribution in [1.82, 2.24) is 19.9 Å². The highest BCUT2D eigenvalue weighted by molar-refractivity contribution is 5.80. The molecule has 3 aromatic rings. The Morgan fingerprint density at radius 3 is 3.15 bits per heavy atom. The van der Waals surface area contributed by atoms with E-state index >= 15 is 0 Å². The molecule has 4 nitrogen and oxygen atoms in total. The van der Waals surface area contributed by atoms with Crippen LogP contribution in [0.2, 0.25) is 0 Å². The maximum Gasteiger partial charge on any atom is 0.0994 e. The quantitative estimate of drug-likeness (QED) is 0.774. The highest BCUT2D eigenvalue weighted by Crippen LogP contribution is 2.26. The van der Waals surface area contributed by atoms with Gasteiger partial charge in [0.05, 0.1) is 23.7 Å². The highest BCUT2D eigenvalue weighted by Gasteiger charge is 2.20. The van der Waals surface area contributed by atoms with Gasteiger partial charge in [-0.25, -0.2) is 4.98 Å². The van der Waals surface area contributed by atoms with Crippen molar-refractivity contribution in [1.29, 1.82) is 0 Å². The number of nitrogens with zero attached hydrogens (tertiary/aromatic N) is 3. The van der Waals surface area contributed by atoms with Gasteiger partial charge in [0.1, 0.15) is 0 Å². The summed E-state index contributed by atoms with van der Waals surface area (Å²) in [7, 11) is 0. The lowest BCUT2D eigenvalue weighted by Crippen LogP contribution is -2.16. The average Bonchev–Trinajstić information content (AvgIpc) is 3.17. The van der Waals surface area contributed by atoms with E-state index in [4.69, 9.17) is 0 Å². The fraction of sp³-hybridized carbons (Fsp3) is 0.250. The van der Waals surface area contributed by atoms with Gasteiger partial charge in [0.15, 0.2) is 0 Å². The number of hydrogen-bond acceptors (Lipinski definition) is 3. The Morgan fingerprint density at radius 2 is 2.25 bits per heavy atom. The number of nitrogens with one attached hydrogen (secondary N) is 1. The molecule has 1 saturated heterocycles. The van der Waals surface area contributed by atoms with Crippen LogP contribution in [-0.4, -0.2) is 21.1 Å². The van der Waals surface area contributed by atoms with Crippen molar-refractivity contribution in [3.63, 3.8) is 0 Å². The molecule has 0 amide bonds. The molecule has 4 heteroatoms. The minimum absolute atomic E-state index is 0.419. The fourth-order valence-corrected chi connectivity index (χ4v) is 2.93. The number of imidazole rings is 1. The van der Waals surface area contributed by atoms with Crippen LogP contribution in [0, 0.1) is 0 Å². The second-order valence-corrected chi connectivity index (χ2v) is 5.22. The van der Waals surface area contributed by atoms with Crippen molar-refractivity contribution in [2.45, 2.75) is 18.9 Å². The molecule has 1 aliphatic rings. The molecule has 0 saturated carbocycles. The molecule has 1 aromatic carbocycles. The fourth-order valence-electron chi connectivity index (χ4n) is 2.93. The Bertz CT molecular complexity index is 741. The number of pyridine rings is 1. The SMILES string of the molecule is c1cnc2ccc(-n3cncc3C3CCCN3)cc2c1. The summed E-state index contributed by atoms with van der Waals surface area (Å²) in [6, 6.07) is 10.8. The first kappa shape index (κ1) is 11.6. The van der Waals surface area contributed by atoms with Gasteiger partial charge in [-0.15, -0.1) is 0 Å². The van der Waals surface area contributed by atoms with Gasteiger partial charge in [-0.05, 0) is 43.7 Å². The number of rotatable bonds is 2. The van der Waals surface area contributed by atoms with Crippen molar-refractivity contribution < 1.29 is 0 Å². The van der Waals surface area contributed by atoms with Crippen LogP contribution in [0.25, 0.3) is 16.6 Å². The molecule has 0 aliphatic carbocycles. The lowest BCUT2D eigenvalue weighted by atomic mass is 10.1. The van der Waals surface area contributed by atoms with E-state index < -0.39 is 0 Å². The summed E-state index contributed by atoms with van der Waals surface area (Å²) in [5, 5.41) is 4.69. The molecule has 2 aromatic heterocycles. The third-order valence-electron chi connectivity index (χ3n) is 3.95. The van der Waals surface area contributed by atoms with Gasteiger partial charge in [0.25, 0.3) is 0 Å². The van der Waals surface area contributed by atoms with E-state index in [0.29, 0.717) is 6.04 Å². The molecule has 100 valence electrons. The van der Waals surface area contributed by atoms with Gasteiger partial charge < -0.3 is 9.88 Å². The first-order chi connectivity index (χ1) is 9.92. The van der Waals surface area contributed by atoms with Crippen molar-refractivity contribution in [2.24, 2.45) is 0 Å². The Morgan fingerprint density at radius 1 is 1.25 bits per heavy atom. The number of aromatic nitrogens is 3. The summed E-state index contributed by atoms with van der Waals surface area (Å²) in [6.07, 6.45) is 8.11. The van der Waals surface area contributed by atoms with Crippen LogP contribution in [0.15, 0.2) is 49.1 Å². The summed E-state index contributed by atoms with van der Waals surface area (Å²) in [6.45, 7) is 1.09. The van der Waals surface area contributed by atoms with Crippen LogP contribution in [0.5, 0.6) is 0 Å². The van der Waals surface area contributed by atoms with Crippen LogP contribution < -0.4 is 5.32 Å².